The largest absolute Gasteiger partial charge is 0.360 e. The van der Waals surface area contributed by atoms with E-state index in [1.165, 1.54) is 22.9 Å². The minimum absolute atomic E-state index is 0.0469. The van der Waals surface area contributed by atoms with Crippen molar-refractivity contribution in [3.63, 3.8) is 0 Å². The summed E-state index contributed by atoms with van der Waals surface area (Å²) in [5, 5.41) is 4.83. The minimum atomic E-state index is -0.346. The van der Waals surface area contributed by atoms with Crippen LogP contribution in [0.5, 0.6) is 0 Å². The summed E-state index contributed by atoms with van der Waals surface area (Å²) in [4.78, 5) is 14.6. The number of hydrazone groups is 1. The van der Waals surface area contributed by atoms with E-state index in [-0.39, 0.29) is 11.4 Å². The third kappa shape index (κ3) is 4.49. The fraction of sp³-hybridized carbons (Fsp3) is 0.304. The second-order valence-electron chi connectivity index (χ2n) is 8.05. The van der Waals surface area contributed by atoms with Crippen LogP contribution in [0.25, 0.3) is 5.57 Å². The molecule has 0 atom stereocenters. The zero-order valence-electron chi connectivity index (χ0n) is 17.3. The molecule has 0 spiro atoms. The summed E-state index contributed by atoms with van der Waals surface area (Å²) in [6.45, 7) is 11.0. The van der Waals surface area contributed by atoms with Gasteiger partial charge in [-0.15, -0.1) is 0 Å². The molecule has 0 fully saturated rings. The molecule has 4 nitrogen and oxygen atoms in total. The highest BCUT2D eigenvalue weighted by molar-refractivity contribution is 6.42. The quantitative estimate of drug-likeness (QED) is 0.466. The number of nitrogens with zero attached hydrogens (tertiary/aromatic N) is 2. The third-order valence-corrected chi connectivity index (χ3v) is 5.71. The van der Waals surface area contributed by atoms with Gasteiger partial charge in [0.05, 0.1) is 21.8 Å². The molecule has 1 aliphatic heterocycles. The molecule has 0 saturated carbocycles. The monoisotopic (exact) mass is 429 g/mol. The van der Waals surface area contributed by atoms with E-state index in [0.29, 0.717) is 21.7 Å². The van der Waals surface area contributed by atoms with Gasteiger partial charge >= 0.3 is 0 Å². The molecule has 0 unspecified atom stereocenters. The average Bonchev–Trinajstić information content (AvgIpc) is 2.63. The van der Waals surface area contributed by atoms with E-state index in [9.17, 15) is 4.79 Å². The Labute approximate surface area is 182 Å². The number of rotatable bonds is 4. The zero-order chi connectivity index (χ0) is 21.3. The van der Waals surface area contributed by atoms with E-state index in [2.05, 4.69) is 68.3 Å². The molecular weight excluding hydrogens is 405 g/mol. The van der Waals surface area contributed by atoms with Crippen molar-refractivity contribution < 1.29 is 4.79 Å². The van der Waals surface area contributed by atoms with Gasteiger partial charge in [0.1, 0.15) is 0 Å². The fourth-order valence-corrected chi connectivity index (χ4v) is 4.26. The molecular formula is C23H25Cl2N3O. The number of hydrogen-bond donors (Lipinski definition) is 1. The van der Waals surface area contributed by atoms with Crippen LogP contribution in [0.1, 0.15) is 56.1 Å². The van der Waals surface area contributed by atoms with Gasteiger partial charge in [-0.3, -0.25) is 4.79 Å². The maximum atomic E-state index is 12.2. The molecule has 1 amide bonds. The van der Waals surface area contributed by atoms with E-state index >= 15 is 0 Å². The lowest BCUT2D eigenvalue weighted by Crippen LogP contribution is -2.49. The zero-order valence-corrected chi connectivity index (χ0v) is 18.8. The predicted molar refractivity (Wildman–Crippen MR) is 123 cm³/mol. The molecule has 152 valence electrons. The number of benzene rings is 2. The molecule has 2 aromatic rings. The van der Waals surface area contributed by atoms with Crippen LogP contribution in [-0.4, -0.2) is 23.7 Å². The van der Waals surface area contributed by atoms with Crippen LogP contribution < -0.4 is 10.3 Å². The van der Waals surface area contributed by atoms with Crippen LogP contribution in [-0.2, 0) is 0 Å². The first-order valence-corrected chi connectivity index (χ1v) is 10.3. The Bertz CT molecular complexity index is 1010. The first-order chi connectivity index (χ1) is 13.6. The maximum absolute atomic E-state index is 12.2. The Balaban J connectivity index is 1.80. The highest BCUT2D eigenvalue weighted by Gasteiger charge is 2.32. The van der Waals surface area contributed by atoms with E-state index in [1.54, 1.807) is 18.3 Å². The van der Waals surface area contributed by atoms with E-state index in [0.717, 1.165) is 5.56 Å². The third-order valence-electron chi connectivity index (χ3n) is 4.97. The number of fused-ring (bicyclic) bond motifs is 1. The normalized spacial score (nSPS) is 15.4. The van der Waals surface area contributed by atoms with Gasteiger partial charge in [0, 0.05) is 22.9 Å². The van der Waals surface area contributed by atoms with Gasteiger partial charge in [-0.1, -0.05) is 35.3 Å². The number of amides is 1. The molecule has 6 heteroatoms. The molecule has 0 aliphatic carbocycles. The van der Waals surface area contributed by atoms with Crippen LogP contribution >= 0.6 is 23.2 Å². The topological polar surface area (TPSA) is 44.7 Å². The Kier molecular flexibility index (Phi) is 6.06. The minimum Gasteiger partial charge on any atom is -0.360 e. The Morgan fingerprint density at radius 1 is 1.14 bits per heavy atom. The second kappa shape index (κ2) is 8.21. The lowest BCUT2D eigenvalue weighted by Gasteiger charge is -2.46. The van der Waals surface area contributed by atoms with E-state index in [4.69, 9.17) is 23.2 Å². The van der Waals surface area contributed by atoms with Crippen LogP contribution in [0, 0.1) is 0 Å². The van der Waals surface area contributed by atoms with Crippen molar-refractivity contribution in [1.82, 2.24) is 5.43 Å². The number of anilines is 1. The summed E-state index contributed by atoms with van der Waals surface area (Å²) in [6, 6.07) is 11.3. The predicted octanol–water partition coefficient (Wildman–Crippen LogP) is 6.17. The maximum Gasteiger partial charge on any atom is 0.271 e. The van der Waals surface area contributed by atoms with Crippen LogP contribution in [0.3, 0.4) is 0 Å². The summed E-state index contributed by atoms with van der Waals surface area (Å²) >= 11 is 11.8. The molecule has 0 saturated heterocycles. The fourth-order valence-electron chi connectivity index (χ4n) is 3.96. The molecule has 2 aromatic carbocycles. The number of hydrogen-bond acceptors (Lipinski definition) is 3. The summed E-state index contributed by atoms with van der Waals surface area (Å²) in [6.07, 6.45) is 3.94. The van der Waals surface area contributed by atoms with Gasteiger partial charge in [-0.2, -0.15) is 5.10 Å². The van der Waals surface area contributed by atoms with Gasteiger partial charge in [-0.05, 0) is 76.1 Å². The Hall–Kier alpha value is -2.30. The van der Waals surface area contributed by atoms with Gasteiger partial charge in [0.15, 0.2) is 0 Å². The van der Waals surface area contributed by atoms with Crippen molar-refractivity contribution in [2.24, 2.45) is 5.10 Å². The SMILES string of the molecule is CC1=CC(C)(C)N(C(C)C)c2ccc(/C=N\NC(=O)c3ccc(Cl)c(Cl)c3)cc21. The molecule has 29 heavy (non-hydrogen) atoms. The second-order valence-corrected chi connectivity index (χ2v) is 8.86. The van der Waals surface area contributed by atoms with Gasteiger partial charge in [0.2, 0.25) is 0 Å². The molecule has 1 heterocycles. The number of nitrogens with one attached hydrogen (secondary N) is 1. The Morgan fingerprint density at radius 3 is 2.52 bits per heavy atom. The van der Waals surface area contributed by atoms with E-state index < -0.39 is 0 Å². The van der Waals surface area contributed by atoms with Crippen molar-refractivity contribution in [2.75, 3.05) is 4.90 Å². The summed E-state index contributed by atoms with van der Waals surface area (Å²) in [7, 11) is 0. The number of halogens is 2. The standard InChI is InChI=1S/C23H25Cl2N3O/c1-14(2)28-21-9-6-16(10-18(21)15(3)12-23(28,4)5)13-26-27-22(29)17-7-8-19(24)20(25)11-17/h6-14H,1-5H3,(H,27,29)/b26-13-. The van der Waals surface area contributed by atoms with Gasteiger partial charge in [-0.25, -0.2) is 5.43 Å². The molecule has 0 radical (unpaired) electrons. The van der Waals surface area contributed by atoms with Crippen LogP contribution in [0.2, 0.25) is 10.0 Å². The highest BCUT2D eigenvalue weighted by Crippen LogP contribution is 2.40. The number of allylic oxidation sites excluding steroid dienone is 1. The Morgan fingerprint density at radius 2 is 1.86 bits per heavy atom. The average molecular weight is 430 g/mol. The molecule has 0 aromatic heterocycles. The van der Waals surface area contributed by atoms with Crippen molar-refractivity contribution in [1.29, 1.82) is 0 Å². The smallest absolute Gasteiger partial charge is 0.271 e. The first-order valence-electron chi connectivity index (χ1n) is 9.52. The number of carbonyl (C=O) groups is 1. The van der Waals surface area contributed by atoms with Crippen molar-refractivity contribution >= 4 is 46.6 Å². The number of carbonyl (C=O) groups excluding carboxylic acids is 1. The van der Waals surface area contributed by atoms with Crippen molar-refractivity contribution in [2.45, 2.75) is 46.2 Å². The summed E-state index contributed by atoms with van der Waals surface area (Å²) in [5.41, 5.74) is 7.41. The van der Waals surface area contributed by atoms with E-state index in [1.807, 2.05) is 6.07 Å². The van der Waals surface area contributed by atoms with Gasteiger partial charge < -0.3 is 4.90 Å². The molecule has 3 rings (SSSR count). The van der Waals surface area contributed by atoms with Crippen LogP contribution in [0.15, 0.2) is 47.6 Å². The molecule has 1 N–H and O–H groups in total. The highest BCUT2D eigenvalue weighted by atomic mass is 35.5. The van der Waals surface area contributed by atoms with Gasteiger partial charge in [0.25, 0.3) is 5.91 Å². The summed E-state index contributed by atoms with van der Waals surface area (Å²) in [5.74, 6) is -0.346. The van der Waals surface area contributed by atoms with Crippen LogP contribution in [0.4, 0.5) is 5.69 Å². The summed E-state index contributed by atoms with van der Waals surface area (Å²) < 4.78 is 0. The van der Waals surface area contributed by atoms with Crippen molar-refractivity contribution in [3.05, 3.63) is 69.2 Å². The molecule has 1 aliphatic rings. The lowest BCUT2D eigenvalue weighted by atomic mass is 9.87. The molecule has 0 bridgehead atoms. The first kappa shape index (κ1) is 21.4. The van der Waals surface area contributed by atoms with Crippen molar-refractivity contribution in [3.8, 4) is 0 Å². The lowest BCUT2D eigenvalue weighted by molar-refractivity contribution is 0.0955.